The largest absolute Gasteiger partial charge is 0.374 e. The van der Waals surface area contributed by atoms with Crippen molar-refractivity contribution in [2.24, 2.45) is 0 Å². The van der Waals surface area contributed by atoms with Gasteiger partial charge in [0.1, 0.15) is 18.2 Å². The van der Waals surface area contributed by atoms with Crippen LogP contribution in [0.15, 0.2) is 6.07 Å². The van der Waals surface area contributed by atoms with Gasteiger partial charge in [0.05, 0.1) is 6.61 Å². The van der Waals surface area contributed by atoms with Crippen LogP contribution in [0, 0.1) is 6.92 Å². The standard InChI is InChI=1S/C12H19F2N3O/c1-8(2)12-16-9(3)6-11(17-12)15-4-5-18-7-10(13)14/h6,8,10H,4-5,7H2,1-3H3,(H,15,16,17). The Morgan fingerprint density at radius 1 is 1.33 bits per heavy atom. The van der Waals surface area contributed by atoms with Crippen molar-refractivity contribution in [3.63, 3.8) is 0 Å². The average Bonchev–Trinajstić information content (AvgIpc) is 2.27. The molecule has 1 N–H and O–H groups in total. The van der Waals surface area contributed by atoms with E-state index in [4.69, 9.17) is 4.74 Å². The van der Waals surface area contributed by atoms with Crippen molar-refractivity contribution >= 4 is 5.82 Å². The summed E-state index contributed by atoms with van der Waals surface area (Å²) in [6, 6.07) is 1.82. The fourth-order valence-electron chi connectivity index (χ4n) is 1.36. The summed E-state index contributed by atoms with van der Waals surface area (Å²) < 4.78 is 28.4. The van der Waals surface area contributed by atoms with Crippen molar-refractivity contribution in [1.82, 2.24) is 9.97 Å². The lowest BCUT2D eigenvalue weighted by molar-refractivity contribution is 0.0215. The van der Waals surface area contributed by atoms with Crippen LogP contribution in [0.25, 0.3) is 0 Å². The van der Waals surface area contributed by atoms with E-state index in [1.54, 1.807) is 0 Å². The second-order valence-corrected chi connectivity index (χ2v) is 4.30. The first kappa shape index (κ1) is 14.8. The van der Waals surface area contributed by atoms with E-state index in [0.29, 0.717) is 12.4 Å². The number of nitrogens with one attached hydrogen (secondary N) is 1. The molecule has 0 radical (unpaired) electrons. The highest BCUT2D eigenvalue weighted by Gasteiger charge is 2.06. The number of nitrogens with zero attached hydrogens (tertiary/aromatic N) is 2. The van der Waals surface area contributed by atoms with Crippen LogP contribution in [0.4, 0.5) is 14.6 Å². The minimum absolute atomic E-state index is 0.227. The van der Waals surface area contributed by atoms with Gasteiger partial charge in [-0.2, -0.15) is 0 Å². The number of ether oxygens (including phenoxy) is 1. The molecule has 0 saturated heterocycles. The predicted molar refractivity (Wildman–Crippen MR) is 66.2 cm³/mol. The second kappa shape index (κ2) is 7.20. The summed E-state index contributed by atoms with van der Waals surface area (Å²) in [4.78, 5) is 8.66. The summed E-state index contributed by atoms with van der Waals surface area (Å²) in [6.07, 6.45) is -2.42. The molecule has 1 rings (SSSR count). The van der Waals surface area contributed by atoms with Crippen LogP contribution in [0.3, 0.4) is 0 Å². The molecule has 0 fully saturated rings. The minimum Gasteiger partial charge on any atom is -0.374 e. The highest BCUT2D eigenvalue weighted by Crippen LogP contribution is 2.13. The van der Waals surface area contributed by atoms with E-state index in [-0.39, 0.29) is 12.5 Å². The Labute approximate surface area is 106 Å². The van der Waals surface area contributed by atoms with Crippen molar-refractivity contribution in [2.75, 3.05) is 25.1 Å². The maximum Gasteiger partial charge on any atom is 0.261 e. The number of anilines is 1. The Kier molecular flexibility index (Phi) is 5.91. The molecule has 102 valence electrons. The molecule has 4 nitrogen and oxygen atoms in total. The van der Waals surface area contributed by atoms with Crippen LogP contribution in [-0.4, -0.2) is 36.2 Å². The van der Waals surface area contributed by atoms with Gasteiger partial charge < -0.3 is 10.1 Å². The molecule has 0 saturated carbocycles. The molecule has 0 atom stereocenters. The highest BCUT2D eigenvalue weighted by molar-refractivity contribution is 5.36. The number of halogens is 2. The number of aryl methyl sites for hydroxylation is 1. The molecule has 1 aromatic rings. The Balaban J connectivity index is 2.42. The van der Waals surface area contributed by atoms with Crippen molar-refractivity contribution < 1.29 is 13.5 Å². The molecule has 0 aliphatic rings. The molecule has 0 spiro atoms. The normalized spacial score (nSPS) is 11.3. The first-order valence-electron chi connectivity index (χ1n) is 5.94. The topological polar surface area (TPSA) is 47.0 Å². The molecule has 0 unspecified atom stereocenters. The van der Waals surface area contributed by atoms with Crippen LogP contribution in [0.1, 0.15) is 31.3 Å². The Morgan fingerprint density at radius 2 is 2.06 bits per heavy atom. The van der Waals surface area contributed by atoms with Crippen molar-refractivity contribution in [3.8, 4) is 0 Å². The number of alkyl halides is 2. The maximum atomic E-state index is 11.8. The van der Waals surface area contributed by atoms with Crippen molar-refractivity contribution in [2.45, 2.75) is 33.1 Å². The van der Waals surface area contributed by atoms with Crippen LogP contribution >= 0.6 is 0 Å². The summed E-state index contributed by atoms with van der Waals surface area (Å²) in [5.41, 5.74) is 0.879. The minimum atomic E-state index is -2.42. The van der Waals surface area contributed by atoms with E-state index in [9.17, 15) is 8.78 Å². The summed E-state index contributed by atoms with van der Waals surface area (Å²) in [5.74, 6) is 1.72. The second-order valence-electron chi connectivity index (χ2n) is 4.30. The molecule has 0 aliphatic heterocycles. The van der Waals surface area contributed by atoms with Gasteiger partial charge in [-0.05, 0) is 6.92 Å². The first-order valence-corrected chi connectivity index (χ1v) is 5.94. The fraction of sp³-hybridized carbons (Fsp3) is 0.667. The summed E-state index contributed by atoms with van der Waals surface area (Å²) in [5, 5.41) is 3.03. The van der Waals surface area contributed by atoms with Crippen molar-refractivity contribution in [1.29, 1.82) is 0 Å². The zero-order valence-corrected chi connectivity index (χ0v) is 10.9. The Morgan fingerprint density at radius 3 is 2.67 bits per heavy atom. The van der Waals surface area contributed by atoms with E-state index in [1.165, 1.54) is 0 Å². The molecule has 6 heteroatoms. The number of hydrogen-bond acceptors (Lipinski definition) is 4. The third-order valence-corrected chi connectivity index (χ3v) is 2.18. The van der Waals surface area contributed by atoms with Crippen LogP contribution in [0.2, 0.25) is 0 Å². The molecule has 0 bridgehead atoms. The molecule has 18 heavy (non-hydrogen) atoms. The molecule has 1 aromatic heterocycles. The van der Waals surface area contributed by atoms with Gasteiger partial charge in [0.2, 0.25) is 0 Å². The molecule has 1 heterocycles. The summed E-state index contributed by atoms with van der Waals surface area (Å²) in [7, 11) is 0. The SMILES string of the molecule is Cc1cc(NCCOCC(F)F)nc(C(C)C)n1. The lowest BCUT2D eigenvalue weighted by Gasteiger charge is -2.10. The zero-order valence-electron chi connectivity index (χ0n) is 10.9. The fourth-order valence-corrected chi connectivity index (χ4v) is 1.36. The van der Waals surface area contributed by atoms with E-state index in [2.05, 4.69) is 15.3 Å². The van der Waals surface area contributed by atoms with Crippen LogP contribution in [-0.2, 0) is 4.74 Å². The monoisotopic (exact) mass is 259 g/mol. The highest BCUT2D eigenvalue weighted by atomic mass is 19.3. The van der Waals surface area contributed by atoms with Crippen LogP contribution < -0.4 is 5.32 Å². The third kappa shape index (κ3) is 5.35. The van der Waals surface area contributed by atoms with E-state index < -0.39 is 13.0 Å². The quantitative estimate of drug-likeness (QED) is 0.765. The van der Waals surface area contributed by atoms with E-state index >= 15 is 0 Å². The Hall–Kier alpha value is -1.30. The summed E-state index contributed by atoms with van der Waals surface area (Å²) in [6.45, 7) is 6.08. The third-order valence-electron chi connectivity index (χ3n) is 2.18. The molecule has 0 amide bonds. The van der Waals surface area contributed by atoms with Gasteiger partial charge in [0.25, 0.3) is 6.43 Å². The van der Waals surface area contributed by atoms with Gasteiger partial charge in [-0.25, -0.2) is 18.7 Å². The summed E-state index contributed by atoms with van der Waals surface area (Å²) >= 11 is 0. The first-order chi connectivity index (χ1) is 8.49. The van der Waals surface area contributed by atoms with Gasteiger partial charge in [-0.15, -0.1) is 0 Å². The van der Waals surface area contributed by atoms with Gasteiger partial charge in [-0.1, -0.05) is 13.8 Å². The van der Waals surface area contributed by atoms with Crippen LogP contribution in [0.5, 0.6) is 0 Å². The molecule has 0 aliphatic carbocycles. The van der Waals surface area contributed by atoms with Gasteiger partial charge >= 0.3 is 0 Å². The number of rotatable bonds is 7. The molecular formula is C12H19F2N3O. The van der Waals surface area contributed by atoms with E-state index in [1.807, 2.05) is 26.8 Å². The number of hydrogen-bond donors (Lipinski definition) is 1. The number of aromatic nitrogens is 2. The smallest absolute Gasteiger partial charge is 0.261 e. The average molecular weight is 259 g/mol. The maximum absolute atomic E-state index is 11.8. The van der Waals surface area contributed by atoms with E-state index in [0.717, 1.165) is 11.5 Å². The van der Waals surface area contributed by atoms with Crippen molar-refractivity contribution in [3.05, 3.63) is 17.6 Å². The lowest BCUT2D eigenvalue weighted by atomic mass is 10.2. The lowest BCUT2D eigenvalue weighted by Crippen LogP contribution is -2.14. The zero-order chi connectivity index (χ0) is 13.5. The van der Waals surface area contributed by atoms with Gasteiger partial charge in [0.15, 0.2) is 0 Å². The molecular weight excluding hydrogens is 240 g/mol. The van der Waals surface area contributed by atoms with Gasteiger partial charge in [0, 0.05) is 24.2 Å². The van der Waals surface area contributed by atoms with Gasteiger partial charge in [-0.3, -0.25) is 0 Å². The predicted octanol–water partition coefficient (Wildman–Crippen LogP) is 2.60. The Bertz CT molecular complexity index is 372. The molecule has 0 aromatic carbocycles.